The van der Waals surface area contributed by atoms with Crippen LogP contribution in [0.25, 0.3) is 21.8 Å². The van der Waals surface area contributed by atoms with Gasteiger partial charge < -0.3 is 14.2 Å². The summed E-state index contributed by atoms with van der Waals surface area (Å²) < 4.78 is 3.97. The second-order valence-corrected chi connectivity index (χ2v) is 5.46. The number of hydrogen-bond donors (Lipinski definition) is 1. The minimum atomic E-state index is -0.504. The molecule has 4 rings (SSSR count). The predicted octanol–water partition coefficient (Wildman–Crippen LogP) is 2.45. The molecular weight excluding hydrogens is 276 g/mol. The molecule has 0 spiro atoms. The molecule has 110 valence electrons. The van der Waals surface area contributed by atoms with Gasteiger partial charge in [-0.3, -0.25) is 0 Å². The van der Waals surface area contributed by atoms with Crippen LogP contribution < -0.4 is 0 Å². The van der Waals surface area contributed by atoms with Gasteiger partial charge in [0.2, 0.25) is 0 Å². The summed E-state index contributed by atoms with van der Waals surface area (Å²) in [7, 11) is 0. The van der Waals surface area contributed by atoms with Crippen molar-refractivity contribution in [2.24, 2.45) is 0 Å². The van der Waals surface area contributed by atoms with E-state index in [-0.39, 0.29) is 0 Å². The van der Waals surface area contributed by atoms with Gasteiger partial charge in [0.25, 0.3) is 0 Å². The second kappa shape index (κ2) is 5.27. The smallest absolute Gasteiger partial charge is 0.119 e. The summed E-state index contributed by atoms with van der Waals surface area (Å²) in [5, 5.41) is 20.4. The molecule has 0 bridgehead atoms. The molecule has 2 heterocycles. The summed E-state index contributed by atoms with van der Waals surface area (Å²) in [4.78, 5) is 0. The Morgan fingerprint density at radius 2 is 1.36 bits per heavy atom. The lowest BCUT2D eigenvalue weighted by Gasteiger charge is -2.14. The number of rotatable bonds is 4. The number of para-hydroxylation sites is 2. The molecule has 2 aromatic heterocycles. The van der Waals surface area contributed by atoms with E-state index >= 15 is 0 Å². The van der Waals surface area contributed by atoms with Crippen molar-refractivity contribution in [3.8, 4) is 0 Å². The zero-order valence-corrected chi connectivity index (χ0v) is 12.0. The summed E-state index contributed by atoms with van der Waals surface area (Å²) in [5.74, 6) is 0. The van der Waals surface area contributed by atoms with Crippen molar-refractivity contribution in [1.82, 2.24) is 19.3 Å². The molecule has 0 saturated heterocycles. The van der Waals surface area contributed by atoms with Gasteiger partial charge in [-0.15, -0.1) is 10.2 Å². The Hall–Kier alpha value is -2.66. The van der Waals surface area contributed by atoms with Crippen molar-refractivity contribution in [2.75, 3.05) is 0 Å². The van der Waals surface area contributed by atoms with Gasteiger partial charge in [0.1, 0.15) is 12.7 Å². The van der Waals surface area contributed by atoms with Crippen molar-refractivity contribution in [3.05, 3.63) is 61.2 Å². The molecule has 0 radical (unpaired) electrons. The third kappa shape index (κ3) is 2.16. The molecule has 1 atom stereocenters. The predicted molar refractivity (Wildman–Crippen MR) is 85.5 cm³/mol. The van der Waals surface area contributed by atoms with Crippen LogP contribution in [0.5, 0.6) is 0 Å². The Balaban J connectivity index is 1.76. The minimum Gasteiger partial charge on any atom is -0.389 e. The molecule has 0 aliphatic heterocycles. The molecule has 2 aromatic carbocycles. The van der Waals surface area contributed by atoms with Crippen LogP contribution in [0.15, 0.2) is 61.2 Å². The zero-order valence-electron chi connectivity index (χ0n) is 12.0. The first-order valence-electron chi connectivity index (χ1n) is 7.29. The van der Waals surface area contributed by atoms with Gasteiger partial charge >= 0.3 is 0 Å². The number of benzene rings is 2. The van der Waals surface area contributed by atoms with E-state index in [1.165, 1.54) is 10.8 Å². The number of nitrogens with zero attached hydrogens (tertiary/aromatic N) is 4. The van der Waals surface area contributed by atoms with Crippen LogP contribution in [0, 0.1) is 0 Å². The molecule has 0 aliphatic rings. The summed E-state index contributed by atoms with van der Waals surface area (Å²) >= 11 is 0. The summed E-state index contributed by atoms with van der Waals surface area (Å²) in [6.45, 7) is 1.01. The molecular formula is C17H16N4O. The van der Waals surface area contributed by atoms with Crippen LogP contribution >= 0.6 is 0 Å². The van der Waals surface area contributed by atoms with Gasteiger partial charge in [-0.05, 0) is 12.1 Å². The quantitative estimate of drug-likeness (QED) is 0.628. The van der Waals surface area contributed by atoms with Crippen LogP contribution in [-0.4, -0.2) is 30.5 Å². The monoisotopic (exact) mass is 292 g/mol. The van der Waals surface area contributed by atoms with Crippen molar-refractivity contribution < 1.29 is 5.11 Å². The molecule has 22 heavy (non-hydrogen) atoms. The van der Waals surface area contributed by atoms with Crippen LogP contribution in [0.1, 0.15) is 0 Å². The van der Waals surface area contributed by atoms with Crippen LogP contribution in [0.3, 0.4) is 0 Å². The molecule has 4 aromatic rings. The Morgan fingerprint density at radius 1 is 0.818 bits per heavy atom. The molecule has 0 amide bonds. The number of aliphatic hydroxyl groups is 1. The van der Waals surface area contributed by atoms with Crippen molar-refractivity contribution in [3.63, 3.8) is 0 Å². The Kier molecular flexibility index (Phi) is 3.12. The minimum absolute atomic E-state index is 0.480. The number of fused-ring (bicyclic) bond motifs is 3. The standard InChI is InChI=1S/C17H16N4O/c22-13(9-20-11-18-19-12-20)10-21-16-7-3-1-5-14(16)15-6-2-4-8-17(15)21/h1-8,11-13,22H,9-10H2/t13-/m0/s1. The average molecular weight is 292 g/mol. The summed E-state index contributed by atoms with van der Waals surface area (Å²) in [6.07, 6.45) is 2.74. The van der Waals surface area contributed by atoms with Crippen molar-refractivity contribution in [2.45, 2.75) is 19.2 Å². The van der Waals surface area contributed by atoms with Crippen LogP contribution in [-0.2, 0) is 13.1 Å². The Bertz CT molecular complexity index is 858. The van der Waals surface area contributed by atoms with E-state index in [1.807, 2.05) is 24.3 Å². The topological polar surface area (TPSA) is 55.9 Å². The highest BCUT2D eigenvalue weighted by molar-refractivity contribution is 6.07. The summed E-state index contributed by atoms with van der Waals surface area (Å²) in [6, 6.07) is 16.6. The van der Waals surface area contributed by atoms with E-state index in [9.17, 15) is 5.11 Å². The Morgan fingerprint density at radius 3 is 1.95 bits per heavy atom. The SMILES string of the molecule is O[C@@H](Cn1cnnc1)Cn1c2ccccc2c2ccccc21. The first kappa shape index (κ1) is 13.0. The van der Waals surface area contributed by atoms with E-state index in [0.717, 1.165) is 11.0 Å². The molecule has 0 fully saturated rings. The third-order valence-corrected chi connectivity index (χ3v) is 3.96. The molecule has 0 unspecified atom stereocenters. The van der Waals surface area contributed by atoms with Gasteiger partial charge in [-0.2, -0.15) is 0 Å². The maximum absolute atomic E-state index is 10.4. The van der Waals surface area contributed by atoms with E-state index in [0.29, 0.717) is 13.1 Å². The van der Waals surface area contributed by atoms with Gasteiger partial charge in [0.15, 0.2) is 0 Å². The van der Waals surface area contributed by atoms with Crippen molar-refractivity contribution >= 4 is 21.8 Å². The molecule has 5 heteroatoms. The van der Waals surface area contributed by atoms with Gasteiger partial charge in [-0.25, -0.2) is 0 Å². The highest BCUT2D eigenvalue weighted by Crippen LogP contribution is 2.28. The average Bonchev–Trinajstić information content (AvgIpc) is 3.15. The lowest BCUT2D eigenvalue weighted by molar-refractivity contribution is 0.137. The lowest BCUT2D eigenvalue weighted by atomic mass is 10.2. The first-order valence-corrected chi connectivity index (χ1v) is 7.29. The fraction of sp³-hybridized carbons (Fsp3) is 0.176. The number of aliphatic hydroxyl groups excluding tert-OH is 1. The molecule has 1 N–H and O–H groups in total. The maximum Gasteiger partial charge on any atom is 0.119 e. The van der Waals surface area contributed by atoms with E-state index in [1.54, 1.807) is 17.2 Å². The van der Waals surface area contributed by atoms with Gasteiger partial charge in [0.05, 0.1) is 19.2 Å². The fourth-order valence-corrected chi connectivity index (χ4v) is 3.03. The number of aromatic nitrogens is 4. The van der Waals surface area contributed by atoms with Crippen LogP contribution in [0.4, 0.5) is 0 Å². The van der Waals surface area contributed by atoms with Crippen molar-refractivity contribution in [1.29, 1.82) is 0 Å². The maximum atomic E-state index is 10.4. The molecule has 0 saturated carbocycles. The molecule has 5 nitrogen and oxygen atoms in total. The lowest BCUT2D eigenvalue weighted by Crippen LogP contribution is -2.21. The van der Waals surface area contributed by atoms with Gasteiger partial charge in [-0.1, -0.05) is 36.4 Å². The Labute approximate surface area is 127 Å². The largest absolute Gasteiger partial charge is 0.389 e. The summed E-state index contributed by atoms with van der Waals surface area (Å²) in [5.41, 5.74) is 2.29. The van der Waals surface area contributed by atoms with E-state index in [2.05, 4.69) is 39.0 Å². The van der Waals surface area contributed by atoms with E-state index in [4.69, 9.17) is 0 Å². The number of hydrogen-bond acceptors (Lipinski definition) is 3. The highest BCUT2D eigenvalue weighted by atomic mass is 16.3. The van der Waals surface area contributed by atoms with E-state index < -0.39 is 6.10 Å². The zero-order chi connectivity index (χ0) is 14.9. The normalized spacial score (nSPS) is 13.0. The fourth-order valence-electron chi connectivity index (χ4n) is 3.03. The molecule has 0 aliphatic carbocycles. The highest BCUT2D eigenvalue weighted by Gasteiger charge is 2.13. The van der Waals surface area contributed by atoms with Crippen LogP contribution in [0.2, 0.25) is 0 Å². The van der Waals surface area contributed by atoms with Gasteiger partial charge in [0, 0.05) is 21.8 Å². The third-order valence-electron chi connectivity index (χ3n) is 3.96. The second-order valence-electron chi connectivity index (χ2n) is 5.46. The first-order chi connectivity index (χ1) is 10.8.